The first-order chi connectivity index (χ1) is 12.8. The molecule has 27 heavy (non-hydrogen) atoms. The lowest BCUT2D eigenvalue weighted by Crippen LogP contribution is -2.40. The van der Waals surface area contributed by atoms with E-state index < -0.39 is 13.9 Å². The zero-order valence-electron chi connectivity index (χ0n) is 16.4. The number of rotatable bonds is 6. The topological polar surface area (TPSA) is 35.5 Å². The van der Waals surface area contributed by atoms with Crippen LogP contribution >= 0.6 is 0 Å². The Morgan fingerprint density at radius 3 is 2.19 bits per heavy atom. The smallest absolute Gasteiger partial charge is 0.314 e. The van der Waals surface area contributed by atoms with Crippen molar-refractivity contribution in [3.63, 3.8) is 0 Å². The minimum Gasteiger partial charge on any atom is -0.426 e. The second-order valence-electron chi connectivity index (χ2n) is 7.97. The summed E-state index contributed by atoms with van der Waals surface area (Å²) in [4.78, 5) is 12.7. The molecule has 0 bridgehead atoms. The van der Waals surface area contributed by atoms with E-state index in [-0.39, 0.29) is 12.4 Å². The van der Waals surface area contributed by atoms with Crippen LogP contribution in [-0.2, 0) is 14.8 Å². The van der Waals surface area contributed by atoms with E-state index in [1.54, 1.807) is 12.1 Å². The number of ether oxygens (including phenoxy) is 1. The number of carbonyl (C=O) groups is 1. The average Bonchev–Trinajstić information content (AvgIpc) is 2.60. The SMILES string of the molecule is CC(CC(=O)Oc1ccccc1)(O[Si](C)(C)C)c1ccc2ccccc2c1. The van der Waals surface area contributed by atoms with E-state index in [0.717, 1.165) is 10.9 Å². The molecule has 0 heterocycles. The number of hydrogen-bond acceptors (Lipinski definition) is 3. The van der Waals surface area contributed by atoms with Crippen LogP contribution < -0.4 is 4.74 Å². The number of benzene rings is 3. The maximum atomic E-state index is 12.7. The van der Waals surface area contributed by atoms with E-state index in [1.807, 2.05) is 37.3 Å². The van der Waals surface area contributed by atoms with Crippen molar-refractivity contribution < 1.29 is 14.0 Å². The summed E-state index contributed by atoms with van der Waals surface area (Å²) in [6.45, 7) is 8.39. The van der Waals surface area contributed by atoms with Crippen LogP contribution in [0.15, 0.2) is 72.8 Å². The molecule has 3 nitrogen and oxygen atoms in total. The summed E-state index contributed by atoms with van der Waals surface area (Å²) in [5.74, 6) is 0.256. The van der Waals surface area contributed by atoms with Crippen molar-refractivity contribution in [1.29, 1.82) is 0 Å². The van der Waals surface area contributed by atoms with Crippen LogP contribution in [0.1, 0.15) is 18.9 Å². The Kier molecular flexibility index (Phi) is 5.49. The van der Waals surface area contributed by atoms with E-state index in [0.29, 0.717) is 5.75 Å². The Balaban J connectivity index is 1.91. The third-order valence-electron chi connectivity index (χ3n) is 4.35. The molecule has 0 aliphatic heterocycles. The summed E-state index contributed by atoms with van der Waals surface area (Å²) in [5.41, 5.74) is 0.258. The highest BCUT2D eigenvalue weighted by Gasteiger charge is 2.36. The van der Waals surface area contributed by atoms with Crippen LogP contribution in [0.3, 0.4) is 0 Å². The molecule has 4 heteroatoms. The Bertz CT molecular complexity index is 931. The van der Waals surface area contributed by atoms with Crippen molar-refractivity contribution in [3.05, 3.63) is 78.4 Å². The molecule has 3 rings (SSSR count). The van der Waals surface area contributed by atoms with Crippen LogP contribution in [-0.4, -0.2) is 14.3 Å². The monoisotopic (exact) mass is 378 g/mol. The molecule has 0 aliphatic rings. The average molecular weight is 379 g/mol. The molecule has 1 atom stereocenters. The Labute approximate surface area is 162 Å². The molecule has 0 N–H and O–H groups in total. The van der Waals surface area contributed by atoms with Gasteiger partial charge in [-0.05, 0) is 61.1 Å². The zero-order valence-corrected chi connectivity index (χ0v) is 17.4. The number of para-hydroxylation sites is 1. The molecule has 140 valence electrons. The summed E-state index contributed by atoms with van der Waals surface area (Å²) in [6, 6.07) is 23.6. The fourth-order valence-electron chi connectivity index (χ4n) is 3.32. The minimum absolute atomic E-state index is 0.157. The van der Waals surface area contributed by atoms with Gasteiger partial charge in [0.1, 0.15) is 5.75 Å². The van der Waals surface area contributed by atoms with E-state index in [1.165, 1.54) is 5.39 Å². The van der Waals surface area contributed by atoms with Crippen LogP contribution in [0, 0.1) is 0 Å². The lowest BCUT2D eigenvalue weighted by atomic mass is 9.91. The van der Waals surface area contributed by atoms with E-state index in [4.69, 9.17) is 9.16 Å². The van der Waals surface area contributed by atoms with Crippen molar-refractivity contribution in [3.8, 4) is 5.75 Å². The minimum atomic E-state index is -1.91. The van der Waals surface area contributed by atoms with E-state index in [2.05, 4.69) is 50.0 Å². The van der Waals surface area contributed by atoms with Gasteiger partial charge in [-0.1, -0.05) is 54.6 Å². The van der Waals surface area contributed by atoms with Gasteiger partial charge in [0.2, 0.25) is 0 Å². The van der Waals surface area contributed by atoms with Crippen molar-refractivity contribution in [2.75, 3.05) is 0 Å². The molecule has 0 aromatic heterocycles. The summed E-state index contributed by atoms with van der Waals surface area (Å²) in [6.07, 6.45) is 0.157. The van der Waals surface area contributed by atoms with Gasteiger partial charge in [0.15, 0.2) is 8.32 Å². The highest BCUT2D eigenvalue weighted by atomic mass is 28.4. The molecular formula is C23H26O3Si. The molecule has 3 aromatic rings. The highest BCUT2D eigenvalue weighted by molar-refractivity contribution is 6.69. The third-order valence-corrected chi connectivity index (χ3v) is 5.41. The van der Waals surface area contributed by atoms with E-state index in [9.17, 15) is 4.79 Å². The van der Waals surface area contributed by atoms with Gasteiger partial charge in [0, 0.05) is 0 Å². The summed E-state index contributed by atoms with van der Waals surface area (Å²) in [7, 11) is -1.91. The fraction of sp³-hybridized carbons (Fsp3) is 0.261. The molecule has 1 unspecified atom stereocenters. The lowest BCUT2D eigenvalue weighted by molar-refractivity contribution is -0.138. The van der Waals surface area contributed by atoms with Gasteiger partial charge < -0.3 is 9.16 Å². The van der Waals surface area contributed by atoms with Crippen molar-refractivity contribution >= 4 is 25.1 Å². The summed E-state index contributed by atoms with van der Waals surface area (Å²) < 4.78 is 12.0. The lowest BCUT2D eigenvalue weighted by Gasteiger charge is -2.36. The number of hydrogen-bond donors (Lipinski definition) is 0. The van der Waals surface area contributed by atoms with E-state index >= 15 is 0 Å². The van der Waals surface area contributed by atoms with Gasteiger partial charge in [-0.2, -0.15) is 0 Å². The molecule has 0 radical (unpaired) electrons. The predicted molar refractivity (Wildman–Crippen MR) is 112 cm³/mol. The van der Waals surface area contributed by atoms with Crippen molar-refractivity contribution in [2.24, 2.45) is 0 Å². The fourth-order valence-corrected chi connectivity index (χ4v) is 4.86. The normalized spacial score (nSPS) is 13.9. The van der Waals surface area contributed by atoms with Crippen LogP contribution in [0.4, 0.5) is 0 Å². The van der Waals surface area contributed by atoms with Gasteiger partial charge in [0.05, 0.1) is 12.0 Å². The standard InChI is InChI=1S/C23H26O3Si/c1-23(26-27(2,3)4,17-22(24)25-21-12-6-5-7-13-21)20-15-14-18-10-8-9-11-19(18)16-20/h5-16H,17H2,1-4H3. The first-order valence-corrected chi connectivity index (χ1v) is 12.6. The summed E-state index contributed by atoms with van der Waals surface area (Å²) >= 11 is 0. The molecule has 0 amide bonds. The van der Waals surface area contributed by atoms with Gasteiger partial charge in [-0.25, -0.2) is 0 Å². The van der Waals surface area contributed by atoms with Crippen LogP contribution in [0.2, 0.25) is 19.6 Å². The Morgan fingerprint density at radius 1 is 0.889 bits per heavy atom. The molecule has 0 aliphatic carbocycles. The molecular weight excluding hydrogens is 352 g/mol. The van der Waals surface area contributed by atoms with Crippen molar-refractivity contribution in [1.82, 2.24) is 0 Å². The van der Waals surface area contributed by atoms with Crippen molar-refractivity contribution in [2.45, 2.75) is 38.6 Å². The molecule has 3 aromatic carbocycles. The van der Waals surface area contributed by atoms with Crippen LogP contribution in [0.25, 0.3) is 10.8 Å². The first kappa shape index (κ1) is 19.3. The second kappa shape index (κ2) is 7.67. The first-order valence-electron chi connectivity index (χ1n) is 9.20. The predicted octanol–water partition coefficient (Wildman–Crippen LogP) is 5.90. The molecule has 0 saturated carbocycles. The second-order valence-corrected chi connectivity index (χ2v) is 12.4. The van der Waals surface area contributed by atoms with Gasteiger partial charge in [-0.3, -0.25) is 4.79 Å². The molecule has 0 saturated heterocycles. The quantitative estimate of drug-likeness (QED) is 0.304. The highest BCUT2D eigenvalue weighted by Crippen LogP contribution is 2.35. The maximum absolute atomic E-state index is 12.7. The third kappa shape index (κ3) is 5.06. The van der Waals surface area contributed by atoms with Crippen LogP contribution in [0.5, 0.6) is 5.75 Å². The Morgan fingerprint density at radius 2 is 1.52 bits per heavy atom. The summed E-state index contributed by atoms with van der Waals surface area (Å²) in [5, 5.41) is 2.31. The number of esters is 1. The zero-order chi connectivity index (χ0) is 19.5. The maximum Gasteiger partial charge on any atom is 0.314 e. The van der Waals surface area contributed by atoms with Gasteiger partial charge in [-0.15, -0.1) is 0 Å². The number of carbonyl (C=O) groups excluding carboxylic acids is 1. The Hall–Kier alpha value is -2.43. The molecule has 0 spiro atoms. The largest absolute Gasteiger partial charge is 0.426 e. The molecule has 0 fully saturated rings. The van der Waals surface area contributed by atoms with Gasteiger partial charge >= 0.3 is 5.97 Å². The van der Waals surface area contributed by atoms with Gasteiger partial charge in [0.25, 0.3) is 0 Å². The number of fused-ring (bicyclic) bond motifs is 1.